The van der Waals surface area contributed by atoms with Crippen molar-refractivity contribution in [3.8, 4) is 0 Å². The Labute approximate surface area is 256 Å². The Morgan fingerprint density at radius 3 is 1.45 bits per heavy atom. The summed E-state index contributed by atoms with van der Waals surface area (Å²) in [5.41, 5.74) is 2.70. The van der Waals surface area contributed by atoms with Crippen LogP contribution in [0.2, 0.25) is 0 Å². The number of amides is 1. The van der Waals surface area contributed by atoms with Crippen molar-refractivity contribution in [3.63, 3.8) is 0 Å². The Kier molecular flexibility index (Phi) is 16.8. The molecule has 2 unspecified atom stereocenters. The van der Waals surface area contributed by atoms with E-state index in [0.717, 1.165) is 117 Å². The topological polar surface area (TPSA) is 45.3 Å². The standard InChI is InChI=1S/C36H57N3O3/c1-32-18-22-37(30-35-14-6-4-7-15-35)20-12-26-41-24-10-11-25-42-27-13-21-38(31-36-16-8-5-9-17-36)23-19-33(2)29-39(28-32)34(3)40/h4-9,14-17,32-33H,10-13,18-31H2,1-3H3. The molecule has 234 valence electrons. The molecule has 6 nitrogen and oxygen atoms in total. The molecule has 42 heavy (non-hydrogen) atoms. The molecule has 1 aliphatic heterocycles. The van der Waals surface area contributed by atoms with Crippen molar-refractivity contribution < 1.29 is 14.3 Å². The van der Waals surface area contributed by atoms with E-state index < -0.39 is 0 Å². The maximum Gasteiger partial charge on any atom is 0.219 e. The molecule has 0 aliphatic carbocycles. The van der Waals surface area contributed by atoms with Gasteiger partial charge < -0.3 is 14.4 Å². The summed E-state index contributed by atoms with van der Waals surface area (Å²) >= 11 is 0. The van der Waals surface area contributed by atoms with Gasteiger partial charge >= 0.3 is 0 Å². The summed E-state index contributed by atoms with van der Waals surface area (Å²) in [6.07, 6.45) is 6.34. The highest BCUT2D eigenvalue weighted by Crippen LogP contribution is 2.15. The van der Waals surface area contributed by atoms with E-state index in [4.69, 9.17) is 9.47 Å². The van der Waals surface area contributed by atoms with Gasteiger partial charge in [0.15, 0.2) is 0 Å². The first kappa shape index (κ1) is 34.2. The van der Waals surface area contributed by atoms with Gasteiger partial charge in [0, 0.05) is 72.6 Å². The van der Waals surface area contributed by atoms with Crippen molar-refractivity contribution in [2.45, 2.75) is 72.4 Å². The molecule has 2 atom stereocenters. The number of carbonyl (C=O) groups excluding carboxylic acids is 1. The number of hydrogen-bond acceptors (Lipinski definition) is 5. The second-order valence-corrected chi connectivity index (χ2v) is 12.4. The minimum absolute atomic E-state index is 0.191. The van der Waals surface area contributed by atoms with E-state index in [0.29, 0.717) is 11.8 Å². The molecular weight excluding hydrogens is 522 g/mol. The summed E-state index contributed by atoms with van der Waals surface area (Å²) < 4.78 is 11.9. The predicted octanol–water partition coefficient (Wildman–Crippen LogP) is 6.50. The van der Waals surface area contributed by atoms with Gasteiger partial charge in [-0.05, 0) is 74.6 Å². The monoisotopic (exact) mass is 579 g/mol. The summed E-state index contributed by atoms with van der Waals surface area (Å²) in [5, 5.41) is 0. The van der Waals surface area contributed by atoms with E-state index in [1.54, 1.807) is 6.92 Å². The van der Waals surface area contributed by atoms with Gasteiger partial charge in [0.2, 0.25) is 5.91 Å². The summed E-state index contributed by atoms with van der Waals surface area (Å²) in [4.78, 5) is 19.9. The molecule has 6 heteroatoms. The first-order valence-electron chi connectivity index (χ1n) is 16.4. The molecule has 2 aromatic rings. The van der Waals surface area contributed by atoms with Crippen LogP contribution in [0.4, 0.5) is 0 Å². The highest BCUT2D eigenvalue weighted by Gasteiger charge is 2.18. The number of carbonyl (C=O) groups is 1. The van der Waals surface area contributed by atoms with Gasteiger partial charge in [0.25, 0.3) is 0 Å². The highest BCUT2D eigenvalue weighted by atomic mass is 16.5. The largest absolute Gasteiger partial charge is 0.381 e. The van der Waals surface area contributed by atoms with Crippen LogP contribution in [0, 0.1) is 11.8 Å². The zero-order chi connectivity index (χ0) is 29.8. The normalized spacial score (nSPS) is 22.9. The molecule has 0 bridgehead atoms. The Balaban J connectivity index is 1.60. The number of rotatable bonds is 4. The van der Waals surface area contributed by atoms with Crippen LogP contribution in [0.3, 0.4) is 0 Å². The lowest BCUT2D eigenvalue weighted by Gasteiger charge is -2.30. The number of ether oxygens (including phenoxy) is 2. The fourth-order valence-electron chi connectivity index (χ4n) is 5.69. The van der Waals surface area contributed by atoms with Crippen molar-refractivity contribution in [1.82, 2.24) is 14.7 Å². The third kappa shape index (κ3) is 14.8. The van der Waals surface area contributed by atoms with Crippen LogP contribution in [-0.2, 0) is 27.4 Å². The molecule has 1 amide bonds. The lowest BCUT2D eigenvalue weighted by Crippen LogP contribution is -2.38. The average molecular weight is 580 g/mol. The van der Waals surface area contributed by atoms with Gasteiger partial charge in [0.1, 0.15) is 0 Å². The average Bonchev–Trinajstić information content (AvgIpc) is 2.99. The summed E-state index contributed by atoms with van der Waals surface area (Å²) in [7, 11) is 0. The molecule has 0 aromatic heterocycles. The Morgan fingerprint density at radius 1 is 0.643 bits per heavy atom. The molecule has 1 heterocycles. The van der Waals surface area contributed by atoms with Crippen LogP contribution in [0.5, 0.6) is 0 Å². The van der Waals surface area contributed by atoms with Crippen molar-refractivity contribution in [1.29, 1.82) is 0 Å². The van der Waals surface area contributed by atoms with Crippen molar-refractivity contribution in [2.24, 2.45) is 11.8 Å². The molecular formula is C36H57N3O3. The van der Waals surface area contributed by atoms with Crippen molar-refractivity contribution in [3.05, 3.63) is 71.8 Å². The predicted molar refractivity (Wildman–Crippen MR) is 173 cm³/mol. The maximum atomic E-state index is 12.7. The molecule has 1 aliphatic rings. The zero-order valence-electron chi connectivity index (χ0n) is 26.7. The molecule has 2 aromatic carbocycles. The van der Waals surface area contributed by atoms with Gasteiger partial charge in [-0.2, -0.15) is 0 Å². The van der Waals surface area contributed by atoms with E-state index in [-0.39, 0.29) is 5.91 Å². The van der Waals surface area contributed by atoms with Gasteiger partial charge in [-0.15, -0.1) is 0 Å². The number of benzene rings is 2. The van der Waals surface area contributed by atoms with Crippen LogP contribution >= 0.6 is 0 Å². The summed E-state index contributed by atoms with van der Waals surface area (Å²) in [6.45, 7) is 17.2. The Morgan fingerprint density at radius 2 is 1.05 bits per heavy atom. The lowest BCUT2D eigenvalue weighted by atomic mass is 10.0. The summed E-state index contributed by atoms with van der Waals surface area (Å²) in [6, 6.07) is 21.5. The quantitative estimate of drug-likeness (QED) is 0.414. The van der Waals surface area contributed by atoms with Gasteiger partial charge in [0.05, 0.1) is 0 Å². The van der Waals surface area contributed by atoms with Crippen LogP contribution in [0.25, 0.3) is 0 Å². The maximum absolute atomic E-state index is 12.7. The van der Waals surface area contributed by atoms with Gasteiger partial charge in [-0.25, -0.2) is 0 Å². The van der Waals surface area contributed by atoms with Crippen LogP contribution in [0.15, 0.2) is 60.7 Å². The minimum atomic E-state index is 0.191. The molecule has 0 saturated carbocycles. The zero-order valence-corrected chi connectivity index (χ0v) is 26.7. The molecule has 1 fully saturated rings. The SMILES string of the molecule is CC(=O)N1CC(C)CCN(Cc2ccccc2)CCCOCCCCOCCCN(Cc2ccccc2)CCC(C)C1. The molecule has 0 spiro atoms. The van der Waals surface area contributed by atoms with Crippen LogP contribution < -0.4 is 0 Å². The third-order valence-electron chi connectivity index (χ3n) is 8.24. The van der Waals surface area contributed by atoms with E-state index in [1.807, 2.05) is 0 Å². The smallest absolute Gasteiger partial charge is 0.219 e. The summed E-state index contributed by atoms with van der Waals surface area (Å²) in [5.74, 6) is 1.09. The second-order valence-electron chi connectivity index (χ2n) is 12.4. The fourth-order valence-corrected chi connectivity index (χ4v) is 5.69. The first-order valence-corrected chi connectivity index (χ1v) is 16.4. The van der Waals surface area contributed by atoms with Crippen molar-refractivity contribution in [2.75, 3.05) is 65.7 Å². The number of hydrogen-bond donors (Lipinski definition) is 0. The molecule has 3 rings (SSSR count). The first-order chi connectivity index (χ1) is 20.5. The van der Waals surface area contributed by atoms with Crippen LogP contribution in [-0.4, -0.2) is 86.3 Å². The second kappa shape index (κ2) is 20.6. The van der Waals surface area contributed by atoms with E-state index in [1.165, 1.54) is 11.1 Å². The van der Waals surface area contributed by atoms with E-state index >= 15 is 0 Å². The Hall–Kier alpha value is -2.25. The van der Waals surface area contributed by atoms with Crippen LogP contribution in [0.1, 0.15) is 70.4 Å². The number of nitrogens with zero attached hydrogens (tertiary/aromatic N) is 3. The molecule has 0 N–H and O–H groups in total. The molecule has 0 radical (unpaired) electrons. The molecule has 1 saturated heterocycles. The Bertz CT molecular complexity index is 886. The van der Waals surface area contributed by atoms with E-state index in [2.05, 4.69) is 89.2 Å². The minimum Gasteiger partial charge on any atom is -0.381 e. The van der Waals surface area contributed by atoms with Gasteiger partial charge in [-0.1, -0.05) is 74.5 Å². The van der Waals surface area contributed by atoms with Gasteiger partial charge in [-0.3, -0.25) is 14.6 Å². The lowest BCUT2D eigenvalue weighted by molar-refractivity contribution is -0.130. The highest BCUT2D eigenvalue weighted by molar-refractivity contribution is 5.73. The van der Waals surface area contributed by atoms with E-state index in [9.17, 15) is 4.79 Å². The fraction of sp³-hybridized carbons (Fsp3) is 0.639. The van der Waals surface area contributed by atoms with Crippen molar-refractivity contribution >= 4 is 5.91 Å². The third-order valence-corrected chi connectivity index (χ3v) is 8.24.